The van der Waals surface area contributed by atoms with Crippen molar-refractivity contribution < 1.29 is 18.3 Å². The zero-order valence-corrected chi connectivity index (χ0v) is 16.6. The van der Waals surface area contributed by atoms with Gasteiger partial charge in [0.25, 0.3) is 5.91 Å². The molecule has 0 atom stereocenters. The first-order valence-corrected chi connectivity index (χ1v) is 9.97. The largest absolute Gasteiger partial charge is 0.381 e. The van der Waals surface area contributed by atoms with Crippen LogP contribution >= 0.6 is 0 Å². The SMILES string of the molecule is CCn1ncc2c(NC3CCOCC3)c(C(=O)NCc3ccc(F)cc3F)cnc21. The van der Waals surface area contributed by atoms with E-state index in [0.29, 0.717) is 36.7 Å². The molecule has 3 aromatic rings. The number of halogens is 2. The van der Waals surface area contributed by atoms with Crippen LogP contribution in [0.5, 0.6) is 0 Å². The summed E-state index contributed by atoms with van der Waals surface area (Å²) in [6.45, 7) is 3.88. The molecular formula is C21H23F2N5O2. The third kappa shape index (κ3) is 4.11. The Kier molecular flexibility index (Phi) is 5.89. The number of nitrogens with one attached hydrogen (secondary N) is 2. The molecule has 0 aliphatic carbocycles. The molecule has 1 aromatic carbocycles. The van der Waals surface area contributed by atoms with Crippen molar-refractivity contribution in [3.05, 3.63) is 53.4 Å². The van der Waals surface area contributed by atoms with Crippen LogP contribution in [-0.4, -0.2) is 39.9 Å². The second-order valence-electron chi connectivity index (χ2n) is 7.19. The standard InChI is InChI=1S/C21H23F2N5O2/c1-2-28-20-16(12-26-28)19(27-15-5-7-30-8-6-15)17(11-24-20)21(29)25-10-13-3-4-14(22)9-18(13)23/h3-4,9,11-12,15H,2,5-8,10H2,1H3,(H,24,27)(H,25,29). The molecule has 0 saturated carbocycles. The molecule has 0 spiro atoms. The molecule has 9 heteroatoms. The van der Waals surface area contributed by atoms with Crippen LogP contribution in [0.3, 0.4) is 0 Å². The predicted molar refractivity (Wildman–Crippen MR) is 108 cm³/mol. The summed E-state index contributed by atoms with van der Waals surface area (Å²) < 4.78 is 34.2. The average molecular weight is 415 g/mol. The summed E-state index contributed by atoms with van der Waals surface area (Å²) >= 11 is 0. The smallest absolute Gasteiger partial charge is 0.255 e. The molecule has 1 fully saturated rings. The zero-order chi connectivity index (χ0) is 21.1. The van der Waals surface area contributed by atoms with Crippen molar-refractivity contribution in [2.24, 2.45) is 0 Å². The summed E-state index contributed by atoms with van der Waals surface area (Å²) in [4.78, 5) is 17.4. The van der Waals surface area contributed by atoms with E-state index in [2.05, 4.69) is 20.7 Å². The zero-order valence-electron chi connectivity index (χ0n) is 16.6. The molecule has 2 aromatic heterocycles. The van der Waals surface area contributed by atoms with E-state index in [1.807, 2.05) is 6.92 Å². The van der Waals surface area contributed by atoms with Crippen LogP contribution in [0.2, 0.25) is 0 Å². The Morgan fingerprint density at radius 2 is 2.07 bits per heavy atom. The van der Waals surface area contributed by atoms with Crippen LogP contribution < -0.4 is 10.6 Å². The fraction of sp³-hybridized carbons (Fsp3) is 0.381. The highest BCUT2D eigenvalue weighted by Crippen LogP contribution is 2.28. The fourth-order valence-electron chi connectivity index (χ4n) is 3.57. The van der Waals surface area contributed by atoms with Crippen LogP contribution in [-0.2, 0) is 17.8 Å². The van der Waals surface area contributed by atoms with E-state index in [0.717, 1.165) is 30.4 Å². The summed E-state index contributed by atoms with van der Waals surface area (Å²) in [5.41, 5.74) is 1.90. The summed E-state index contributed by atoms with van der Waals surface area (Å²) in [5, 5.41) is 11.3. The van der Waals surface area contributed by atoms with Gasteiger partial charge >= 0.3 is 0 Å². The normalized spacial score (nSPS) is 14.8. The highest BCUT2D eigenvalue weighted by molar-refractivity contribution is 6.06. The third-order valence-corrected chi connectivity index (χ3v) is 5.23. The Morgan fingerprint density at radius 1 is 1.27 bits per heavy atom. The number of carbonyl (C=O) groups excluding carboxylic acids is 1. The molecule has 1 aliphatic rings. The number of hydrogen-bond acceptors (Lipinski definition) is 5. The van der Waals surface area contributed by atoms with E-state index >= 15 is 0 Å². The number of aromatic nitrogens is 3. The minimum absolute atomic E-state index is 0.0616. The first-order valence-electron chi connectivity index (χ1n) is 9.97. The third-order valence-electron chi connectivity index (χ3n) is 5.23. The Morgan fingerprint density at radius 3 is 2.80 bits per heavy atom. The van der Waals surface area contributed by atoms with Gasteiger partial charge in [0.15, 0.2) is 5.65 Å². The summed E-state index contributed by atoms with van der Waals surface area (Å²) in [7, 11) is 0. The van der Waals surface area contributed by atoms with Gasteiger partial charge in [0, 0.05) is 50.2 Å². The fourth-order valence-corrected chi connectivity index (χ4v) is 3.57. The van der Waals surface area contributed by atoms with Crippen molar-refractivity contribution in [3.63, 3.8) is 0 Å². The van der Waals surface area contributed by atoms with E-state index in [4.69, 9.17) is 4.74 Å². The van der Waals surface area contributed by atoms with Crippen molar-refractivity contribution in [1.29, 1.82) is 0 Å². The lowest BCUT2D eigenvalue weighted by molar-refractivity contribution is 0.0904. The molecule has 0 radical (unpaired) electrons. The van der Waals surface area contributed by atoms with E-state index in [1.165, 1.54) is 12.3 Å². The monoisotopic (exact) mass is 415 g/mol. The lowest BCUT2D eigenvalue weighted by atomic mass is 10.1. The quantitative estimate of drug-likeness (QED) is 0.646. The van der Waals surface area contributed by atoms with Gasteiger partial charge in [0.2, 0.25) is 0 Å². The molecule has 30 heavy (non-hydrogen) atoms. The molecule has 1 amide bonds. The molecular weight excluding hydrogens is 392 g/mol. The maximum Gasteiger partial charge on any atom is 0.255 e. The summed E-state index contributed by atoms with van der Waals surface area (Å²) in [6, 6.07) is 3.44. The molecule has 1 saturated heterocycles. The lowest BCUT2D eigenvalue weighted by Gasteiger charge is -2.25. The summed E-state index contributed by atoms with van der Waals surface area (Å²) in [6.07, 6.45) is 4.86. The predicted octanol–water partition coefficient (Wildman–Crippen LogP) is 3.25. The molecule has 0 bridgehead atoms. The number of ether oxygens (including phenoxy) is 1. The van der Waals surface area contributed by atoms with Gasteiger partial charge in [0.1, 0.15) is 11.6 Å². The first kappa shape index (κ1) is 20.2. The number of pyridine rings is 1. The molecule has 7 nitrogen and oxygen atoms in total. The van der Waals surface area contributed by atoms with Crippen LogP contribution in [0.15, 0.2) is 30.6 Å². The van der Waals surface area contributed by atoms with Crippen LogP contribution in [0.4, 0.5) is 14.5 Å². The van der Waals surface area contributed by atoms with Gasteiger partial charge in [0.05, 0.1) is 22.8 Å². The topological polar surface area (TPSA) is 81.1 Å². The average Bonchev–Trinajstić information content (AvgIpc) is 3.17. The second-order valence-corrected chi connectivity index (χ2v) is 7.19. The molecule has 3 heterocycles. The highest BCUT2D eigenvalue weighted by atomic mass is 19.1. The molecule has 0 unspecified atom stereocenters. The van der Waals surface area contributed by atoms with Crippen LogP contribution in [0.25, 0.3) is 11.0 Å². The molecule has 4 rings (SSSR count). The number of amides is 1. The first-order chi connectivity index (χ1) is 14.6. The van der Waals surface area contributed by atoms with Crippen molar-refractivity contribution in [1.82, 2.24) is 20.1 Å². The van der Waals surface area contributed by atoms with Gasteiger partial charge in [-0.25, -0.2) is 18.4 Å². The highest BCUT2D eigenvalue weighted by Gasteiger charge is 2.22. The van der Waals surface area contributed by atoms with Gasteiger partial charge in [-0.1, -0.05) is 6.07 Å². The van der Waals surface area contributed by atoms with Gasteiger partial charge < -0.3 is 15.4 Å². The lowest BCUT2D eigenvalue weighted by Crippen LogP contribution is -2.30. The molecule has 158 valence electrons. The number of rotatable bonds is 6. The molecule has 2 N–H and O–H groups in total. The van der Waals surface area contributed by atoms with Crippen LogP contribution in [0.1, 0.15) is 35.7 Å². The van der Waals surface area contributed by atoms with E-state index in [1.54, 1.807) is 10.9 Å². The molecule has 1 aliphatic heterocycles. The number of benzene rings is 1. The van der Waals surface area contributed by atoms with E-state index in [-0.39, 0.29) is 18.2 Å². The number of nitrogens with zero attached hydrogens (tertiary/aromatic N) is 3. The number of hydrogen-bond donors (Lipinski definition) is 2. The van der Waals surface area contributed by atoms with Gasteiger partial charge in [-0.3, -0.25) is 4.79 Å². The van der Waals surface area contributed by atoms with E-state index < -0.39 is 17.5 Å². The van der Waals surface area contributed by atoms with Gasteiger partial charge in [-0.15, -0.1) is 0 Å². The van der Waals surface area contributed by atoms with Crippen molar-refractivity contribution in [2.45, 2.75) is 38.9 Å². The Labute approximate surface area is 172 Å². The number of fused-ring (bicyclic) bond motifs is 1. The van der Waals surface area contributed by atoms with E-state index in [9.17, 15) is 13.6 Å². The van der Waals surface area contributed by atoms with Crippen LogP contribution in [0, 0.1) is 11.6 Å². The van der Waals surface area contributed by atoms with Crippen molar-refractivity contribution in [3.8, 4) is 0 Å². The Balaban J connectivity index is 1.62. The maximum absolute atomic E-state index is 13.9. The number of aryl methyl sites for hydroxylation is 1. The van der Waals surface area contributed by atoms with Crippen molar-refractivity contribution in [2.75, 3.05) is 18.5 Å². The van der Waals surface area contributed by atoms with Gasteiger partial charge in [-0.2, -0.15) is 5.10 Å². The second kappa shape index (κ2) is 8.74. The minimum atomic E-state index is -0.700. The number of anilines is 1. The summed E-state index contributed by atoms with van der Waals surface area (Å²) in [5.74, 6) is -1.76. The Hall–Kier alpha value is -3.07. The van der Waals surface area contributed by atoms with Crippen molar-refractivity contribution >= 4 is 22.6 Å². The Bertz CT molecular complexity index is 1060. The maximum atomic E-state index is 13.9. The van der Waals surface area contributed by atoms with Gasteiger partial charge in [-0.05, 0) is 25.8 Å². The minimum Gasteiger partial charge on any atom is -0.381 e. The number of carbonyl (C=O) groups is 1.